The van der Waals surface area contributed by atoms with Crippen LogP contribution in [0.2, 0.25) is 0 Å². The molecule has 3 nitrogen and oxygen atoms in total. The lowest BCUT2D eigenvalue weighted by molar-refractivity contribution is 0.630. The second-order valence-electron chi connectivity index (χ2n) is 4.18. The highest BCUT2D eigenvalue weighted by molar-refractivity contribution is 6.03. The summed E-state index contributed by atoms with van der Waals surface area (Å²) >= 11 is 0. The van der Waals surface area contributed by atoms with Gasteiger partial charge in [-0.2, -0.15) is 0 Å². The summed E-state index contributed by atoms with van der Waals surface area (Å²) in [5.41, 5.74) is 1.94. The van der Waals surface area contributed by atoms with E-state index in [2.05, 4.69) is 0 Å². The van der Waals surface area contributed by atoms with Gasteiger partial charge < -0.3 is 8.83 Å². The Balaban J connectivity index is 2.38. The van der Waals surface area contributed by atoms with Gasteiger partial charge in [-0.15, -0.1) is 0 Å². The van der Waals surface area contributed by atoms with Gasteiger partial charge in [0.15, 0.2) is 5.58 Å². The van der Waals surface area contributed by atoms with Crippen molar-refractivity contribution in [1.29, 1.82) is 0 Å². The van der Waals surface area contributed by atoms with E-state index < -0.39 is 0 Å². The van der Waals surface area contributed by atoms with Gasteiger partial charge in [-0.05, 0) is 24.3 Å². The van der Waals surface area contributed by atoms with Gasteiger partial charge in [-0.1, -0.05) is 24.3 Å². The van der Waals surface area contributed by atoms with Crippen LogP contribution in [-0.4, -0.2) is 0 Å². The van der Waals surface area contributed by atoms with Gasteiger partial charge in [-0.25, -0.2) is 0 Å². The van der Waals surface area contributed by atoms with E-state index >= 15 is 0 Å². The highest BCUT2D eigenvalue weighted by Gasteiger charge is 2.14. The van der Waals surface area contributed by atoms with Crippen molar-refractivity contribution < 1.29 is 8.83 Å². The first kappa shape index (κ1) is 9.48. The molecular formula is C15H8O3. The van der Waals surface area contributed by atoms with Crippen LogP contribution in [0.4, 0.5) is 0 Å². The first-order valence-corrected chi connectivity index (χ1v) is 5.68. The maximum Gasteiger partial charge on any atom is 0.235 e. The summed E-state index contributed by atoms with van der Waals surface area (Å²) in [6, 6.07) is 14.7. The Morgan fingerprint density at radius 1 is 0.667 bits per heavy atom. The zero-order valence-electron chi connectivity index (χ0n) is 9.34. The number of para-hydroxylation sites is 2. The maximum atomic E-state index is 12.3. The van der Waals surface area contributed by atoms with Crippen molar-refractivity contribution in [2.75, 3.05) is 0 Å². The molecule has 0 saturated carbocycles. The number of furan rings is 1. The second-order valence-corrected chi connectivity index (χ2v) is 4.18. The maximum absolute atomic E-state index is 12.3. The van der Waals surface area contributed by atoms with E-state index in [-0.39, 0.29) is 11.0 Å². The van der Waals surface area contributed by atoms with E-state index in [1.165, 1.54) is 0 Å². The third-order valence-corrected chi connectivity index (χ3v) is 3.10. The van der Waals surface area contributed by atoms with Gasteiger partial charge >= 0.3 is 0 Å². The first-order chi connectivity index (χ1) is 8.84. The Hall–Kier alpha value is -2.55. The van der Waals surface area contributed by atoms with Crippen molar-refractivity contribution in [2.24, 2.45) is 0 Å². The molecule has 0 unspecified atom stereocenters. The zero-order chi connectivity index (χ0) is 12.1. The summed E-state index contributed by atoms with van der Waals surface area (Å²) in [4.78, 5) is 12.3. The summed E-state index contributed by atoms with van der Waals surface area (Å²) in [7, 11) is 0. The monoisotopic (exact) mass is 236 g/mol. The molecule has 0 atom stereocenters. The molecule has 0 spiro atoms. The number of hydrogen-bond donors (Lipinski definition) is 0. The lowest BCUT2D eigenvalue weighted by Gasteiger charge is -1.95. The topological polar surface area (TPSA) is 43.4 Å². The van der Waals surface area contributed by atoms with Gasteiger partial charge in [0.1, 0.15) is 11.2 Å². The van der Waals surface area contributed by atoms with Gasteiger partial charge in [0.05, 0.1) is 10.8 Å². The molecule has 0 saturated heterocycles. The molecule has 0 aliphatic carbocycles. The molecule has 0 radical (unpaired) electrons. The average molecular weight is 236 g/mol. The van der Waals surface area contributed by atoms with Crippen LogP contribution in [0.1, 0.15) is 0 Å². The molecule has 86 valence electrons. The number of rotatable bonds is 0. The molecule has 2 aromatic heterocycles. The Morgan fingerprint density at radius 3 is 2.00 bits per heavy atom. The molecule has 0 bridgehead atoms. The summed E-state index contributed by atoms with van der Waals surface area (Å²) in [5, 5.41) is 1.37. The van der Waals surface area contributed by atoms with Crippen LogP contribution in [0.5, 0.6) is 0 Å². The highest BCUT2D eigenvalue weighted by Crippen LogP contribution is 2.28. The van der Waals surface area contributed by atoms with E-state index in [0.29, 0.717) is 22.1 Å². The standard InChI is InChI=1S/C15H8O3/c16-13-9-5-1-3-7-11(9)17-14-10-6-2-4-8-12(10)18-15(13)14/h1-8H. The van der Waals surface area contributed by atoms with E-state index in [1.54, 1.807) is 12.1 Å². The average Bonchev–Trinajstić information content (AvgIpc) is 2.79. The molecule has 2 heterocycles. The van der Waals surface area contributed by atoms with Gasteiger partial charge in [0.25, 0.3) is 0 Å². The fourth-order valence-corrected chi connectivity index (χ4v) is 2.25. The third kappa shape index (κ3) is 1.10. The first-order valence-electron chi connectivity index (χ1n) is 5.68. The number of benzene rings is 2. The molecule has 4 aromatic rings. The fraction of sp³-hybridized carbons (Fsp3) is 0. The molecule has 4 rings (SSSR count). The fourth-order valence-electron chi connectivity index (χ4n) is 2.25. The summed E-state index contributed by atoms with van der Waals surface area (Å²) in [5.74, 6) is 0. The van der Waals surface area contributed by atoms with Crippen molar-refractivity contribution in [3.05, 3.63) is 58.8 Å². The van der Waals surface area contributed by atoms with Gasteiger partial charge in [0.2, 0.25) is 11.0 Å². The Kier molecular flexibility index (Phi) is 1.70. The van der Waals surface area contributed by atoms with Gasteiger partial charge in [0, 0.05) is 0 Å². The van der Waals surface area contributed by atoms with Crippen molar-refractivity contribution in [3.63, 3.8) is 0 Å². The number of fused-ring (bicyclic) bond motifs is 4. The van der Waals surface area contributed by atoms with Crippen LogP contribution >= 0.6 is 0 Å². The molecule has 0 fully saturated rings. The molecule has 0 N–H and O–H groups in total. The molecule has 0 amide bonds. The summed E-state index contributed by atoms with van der Waals surface area (Å²) in [6.07, 6.45) is 0. The third-order valence-electron chi connectivity index (χ3n) is 3.10. The quantitative estimate of drug-likeness (QED) is 0.467. The molecule has 0 aliphatic heterocycles. The second kappa shape index (κ2) is 3.23. The van der Waals surface area contributed by atoms with E-state index in [0.717, 1.165) is 5.39 Å². The van der Waals surface area contributed by atoms with Crippen LogP contribution in [0.15, 0.2) is 62.2 Å². The summed E-state index contributed by atoms with van der Waals surface area (Å²) < 4.78 is 11.4. The van der Waals surface area contributed by atoms with Crippen molar-refractivity contribution in [1.82, 2.24) is 0 Å². The molecule has 18 heavy (non-hydrogen) atoms. The van der Waals surface area contributed by atoms with E-state index in [4.69, 9.17) is 8.83 Å². The van der Waals surface area contributed by atoms with E-state index in [9.17, 15) is 4.79 Å². The normalized spacial score (nSPS) is 11.6. The Morgan fingerprint density at radius 2 is 1.22 bits per heavy atom. The van der Waals surface area contributed by atoms with Crippen LogP contribution in [0.25, 0.3) is 33.1 Å². The predicted octanol–water partition coefficient (Wildman–Crippen LogP) is 3.69. The SMILES string of the molecule is O=c1c2ccccc2oc2c1oc1ccccc12. The Bertz CT molecular complexity index is 944. The van der Waals surface area contributed by atoms with Crippen LogP contribution < -0.4 is 5.43 Å². The lowest BCUT2D eigenvalue weighted by atomic mass is 10.2. The van der Waals surface area contributed by atoms with Crippen LogP contribution in [0, 0.1) is 0 Å². The largest absolute Gasteiger partial charge is 0.452 e. The molecular weight excluding hydrogens is 228 g/mol. The van der Waals surface area contributed by atoms with Gasteiger partial charge in [-0.3, -0.25) is 4.79 Å². The van der Waals surface area contributed by atoms with Crippen molar-refractivity contribution >= 4 is 33.1 Å². The van der Waals surface area contributed by atoms with Crippen molar-refractivity contribution in [3.8, 4) is 0 Å². The highest BCUT2D eigenvalue weighted by atomic mass is 16.4. The Labute approximate surface area is 101 Å². The molecule has 0 aliphatic rings. The smallest absolute Gasteiger partial charge is 0.235 e. The predicted molar refractivity (Wildman–Crippen MR) is 69.8 cm³/mol. The summed E-state index contributed by atoms with van der Waals surface area (Å²) in [6.45, 7) is 0. The number of hydrogen-bond acceptors (Lipinski definition) is 3. The van der Waals surface area contributed by atoms with Crippen LogP contribution in [-0.2, 0) is 0 Å². The lowest BCUT2D eigenvalue weighted by Crippen LogP contribution is -1.99. The molecule has 3 heteroatoms. The van der Waals surface area contributed by atoms with E-state index in [1.807, 2.05) is 36.4 Å². The minimum atomic E-state index is -0.122. The molecule has 2 aromatic carbocycles. The zero-order valence-corrected chi connectivity index (χ0v) is 9.34. The minimum absolute atomic E-state index is 0.122. The van der Waals surface area contributed by atoms with Crippen LogP contribution in [0.3, 0.4) is 0 Å². The van der Waals surface area contributed by atoms with Crippen molar-refractivity contribution in [2.45, 2.75) is 0 Å². The minimum Gasteiger partial charge on any atom is -0.452 e.